The first kappa shape index (κ1) is 19.1. The number of rotatable bonds is 6. The highest BCUT2D eigenvalue weighted by Gasteiger charge is 2.12. The zero-order valence-corrected chi connectivity index (χ0v) is 16.1. The Balaban J connectivity index is 1.80. The summed E-state index contributed by atoms with van der Waals surface area (Å²) in [5.41, 5.74) is 1.29. The number of ether oxygens (including phenoxy) is 2. The third kappa shape index (κ3) is 5.16. The number of hydrogen-bond acceptors (Lipinski definition) is 3. The fraction of sp³-hybridized carbons (Fsp3) is 0.0952. The summed E-state index contributed by atoms with van der Waals surface area (Å²) in [6.07, 6.45) is 0.182. The first-order chi connectivity index (χ1) is 13.0. The van der Waals surface area contributed by atoms with Gasteiger partial charge in [0.2, 0.25) is 5.91 Å². The molecule has 0 heterocycles. The van der Waals surface area contributed by atoms with E-state index in [1.165, 1.54) is 0 Å². The lowest BCUT2D eigenvalue weighted by atomic mass is 10.1. The second-order valence-corrected chi connectivity index (χ2v) is 6.62. The fourth-order valence-electron chi connectivity index (χ4n) is 2.54. The third-order valence-electron chi connectivity index (χ3n) is 3.76. The van der Waals surface area contributed by atoms with E-state index in [2.05, 4.69) is 5.32 Å². The van der Waals surface area contributed by atoms with Crippen molar-refractivity contribution in [1.82, 2.24) is 0 Å². The lowest BCUT2D eigenvalue weighted by Gasteiger charge is -2.14. The first-order valence-electron chi connectivity index (χ1n) is 8.20. The summed E-state index contributed by atoms with van der Waals surface area (Å²) in [4.78, 5) is 12.5. The second kappa shape index (κ2) is 8.80. The number of halogens is 2. The summed E-state index contributed by atoms with van der Waals surface area (Å²) in [7, 11) is 1.57. The average Bonchev–Trinajstić information content (AvgIpc) is 2.64. The van der Waals surface area contributed by atoms with Gasteiger partial charge in [-0.3, -0.25) is 4.79 Å². The van der Waals surface area contributed by atoms with Crippen LogP contribution in [0.2, 0.25) is 10.0 Å². The summed E-state index contributed by atoms with van der Waals surface area (Å²) in [6, 6.07) is 19.5. The first-order valence-corrected chi connectivity index (χ1v) is 8.95. The van der Waals surface area contributed by atoms with E-state index in [0.717, 1.165) is 5.56 Å². The molecule has 0 atom stereocenters. The van der Waals surface area contributed by atoms with Gasteiger partial charge in [0.25, 0.3) is 0 Å². The van der Waals surface area contributed by atoms with Crippen LogP contribution in [0.25, 0.3) is 0 Å². The summed E-state index contributed by atoms with van der Waals surface area (Å²) in [5.74, 6) is 1.38. The molecule has 6 heteroatoms. The minimum Gasteiger partial charge on any atom is -0.493 e. The Bertz CT molecular complexity index is 960. The molecule has 0 radical (unpaired) electrons. The maximum atomic E-state index is 12.5. The fourth-order valence-corrected chi connectivity index (χ4v) is 2.92. The van der Waals surface area contributed by atoms with Crippen LogP contribution in [0.4, 0.5) is 5.69 Å². The Labute approximate surface area is 167 Å². The Morgan fingerprint density at radius 3 is 2.37 bits per heavy atom. The SMILES string of the molecule is COc1ccccc1Oc1ccc(Cl)cc1NC(=O)Cc1cccc(Cl)c1. The van der Waals surface area contributed by atoms with Crippen molar-refractivity contribution in [2.45, 2.75) is 6.42 Å². The molecule has 3 aromatic rings. The third-order valence-corrected chi connectivity index (χ3v) is 4.23. The van der Waals surface area contributed by atoms with E-state index in [4.69, 9.17) is 32.7 Å². The topological polar surface area (TPSA) is 47.6 Å². The van der Waals surface area contributed by atoms with Crippen LogP contribution in [-0.2, 0) is 11.2 Å². The van der Waals surface area contributed by atoms with Gasteiger partial charge in [0.1, 0.15) is 0 Å². The van der Waals surface area contributed by atoms with E-state index in [1.54, 1.807) is 55.6 Å². The second-order valence-electron chi connectivity index (χ2n) is 5.75. The number of para-hydroxylation sites is 2. The number of carbonyl (C=O) groups is 1. The molecule has 0 bridgehead atoms. The van der Waals surface area contributed by atoms with Crippen LogP contribution < -0.4 is 14.8 Å². The Kier molecular flexibility index (Phi) is 6.22. The summed E-state index contributed by atoms with van der Waals surface area (Å²) >= 11 is 12.1. The largest absolute Gasteiger partial charge is 0.493 e. The zero-order valence-electron chi connectivity index (χ0n) is 14.5. The molecule has 0 spiro atoms. The molecule has 4 nitrogen and oxygen atoms in total. The van der Waals surface area contributed by atoms with Crippen molar-refractivity contribution in [2.24, 2.45) is 0 Å². The van der Waals surface area contributed by atoms with E-state index in [9.17, 15) is 4.79 Å². The van der Waals surface area contributed by atoms with Crippen molar-refractivity contribution in [1.29, 1.82) is 0 Å². The summed E-state index contributed by atoms with van der Waals surface area (Å²) in [6.45, 7) is 0. The number of methoxy groups -OCH3 is 1. The highest BCUT2D eigenvalue weighted by atomic mass is 35.5. The van der Waals surface area contributed by atoms with Gasteiger partial charge in [-0.15, -0.1) is 0 Å². The minimum atomic E-state index is -0.204. The monoisotopic (exact) mass is 401 g/mol. The molecule has 0 aromatic heterocycles. The molecule has 0 aliphatic rings. The quantitative estimate of drug-likeness (QED) is 0.552. The number of carbonyl (C=O) groups excluding carboxylic acids is 1. The maximum absolute atomic E-state index is 12.5. The van der Waals surface area contributed by atoms with Gasteiger partial charge in [0, 0.05) is 10.0 Å². The molecule has 1 amide bonds. The molecule has 0 aliphatic carbocycles. The number of nitrogens with one attached hydrogen (secondary N) is 1. The lowest BCUT2D eigenvalue weighted by molar-refractivity contribution is -0.115. The predicted octanol–water partition coefficient (Wildman–Crippen LogP) is 5.98. The van der Waals surface area contributed by atoms with Crippen molar-refractivity contribution in [3.05, 3.63) is 82.3 Å². The highest BCUT2D eigenvalue weighted by Crippen LogP contribution is 2.36. The van der Waals surface area contributed by atoms with Crippen LogP contribution in [0.1, 0.15) is 5.56 Å². The van der Waals surface area contributed by atoms with E-state index >= 15 is 0 Å². The van der Waals surface area contributed by atoms with Crippen molar-refractivity contribution in [3.8, 4) is 17.2 Å². The Morgan fingerprint density at radius 2 is 1.63 bits per heavy atom. The smallest absolute Gasteiger partial charge is 0.228 e. The number of benzene rings is 3. The van der Waals surface area contributed by atoms with Crippen molar-refractivity contribution < 1.29 is 14.3 Å². The van der Waals surface area contributed by atoms with Crippen LogP contribution in [0.5, 0.6) is 17.2 Å². The van der Waals surface area contributed by atoms with Gasteiger partial charge in [-0.25, -0.2) is 0 Å². The van der Waals surface area contributed by atoms with Crippen LogP contribution in [-0.4, -0.2) is 13.0 Å². The van der Waals surface area contributed by atoms with Crippen LogP contribution in [0.15, 0.2) is 66.7 Å². The summed E-state index contributed by atoms with van der Waals surface area (Å²) in [5, 5.41) is 3.92. The van der Waals surface area contributed by atoms with Crippen molar-refractivity contribution in [3.63, 3.8) is 0 Å². The number of anilines is 1. The van der Waals surface area contributed by atoms with Gasteiger partial charge in [-0.05, 0) is 48.0 Å². The van der Waals surface area contributed by atoms with E-state index < -0.39 is 0 Å². The molecule has 3 rings (SSSR count). The number of amides is 1. The minimum absolute atomic E-state index is 0.182. The molecule has 0 saturated heterocycles. The van der Waals surface area contributed by atoms with Gasteiger partial charge in [-0.2, -0.15) is 0 Å². The van der Waals surface area contributed by atoms with Crippen LogP contribution in [0.3, 0.4) is 0 Å². The maximum Gasteiger partial charge on any atom is 0.228 e. The molecule has 0 aliphatic heterocycles. The van der Waals surface area contributed by atoms with Gasteiger partial charge in [0.15, 0.2) is 17.2 Å². The summed E-state index contributed by atoms with van der Waals surface area (Å²) < 4.78 is 11.2. The van der Waals surface area contributed by atoms with E-state index in [0.29, 0.717) is 33.0 Å². The molecule has 138 valence electrons. The van der Waals surface area contributed by atoms with Crippen LogP contribution >= 0.6 is 23.2 Å². The molecular weight excluding hydrogens is 385 g/mol. The predicted molar refractivity (Wildman–Crippen MR) is 108 cm³/mol. The molecule has 1 N–H and O–H groups in total. The van der Waals surface area contributed by atoms with E-state index in [1.807, 2.05) is 18.2 Å². The standard InChI is InChI=1S/C21H17Cl2NO3/c1-26-19-7-2-3-8-20(19)27-18-10-9-16(23)13-17(18)24-21(25)12-14-5-4-6-15(22)11-14/h2-11,13H,12H2,1H3,(H,24,25). The highest BCUT2D eigenvalue weighted by molar-refractivity contribution is 6.31. The normalized spacial score (nSPS) is 10.3. The molecule has 27 heavy (non-hydrogen) atoms. The molecule has 3 aromatic carbocycles. The van der Waals surface area contributed by atoms with Gasteiger partial charge in [-0.1, -0.05) is 47.5 Å². The van der Waals surface area contributed by atoms with Crippen molar-refractivity contribution in [2.75, 3.05) is 12.4 Å². The van der Waals surface area contributed by atoms with Crippen LogP contribution in [0, 0.1) is 0 Å². The van der Waals surface area contributed by atoms with Crippen molar-refractivity contribution >= 4 is 34.8 Å². The van der Waals surface area contributed by atoms with Gasteiger partial charge >= 0.3 is 0 Å². The average molecular weight is 402 g/mol. The zero-order chi connectivity index (χ0) is 19.2. The van der Waals surface area contributed by atoms with Gasteiger partial charge < -0.3 is 14.8 Å². The molecule has 0 fully saturated rings. The van der Waals surface area contributed by atoms with Gasteiger partial charge in [0.05, 0.1) is 19.2 Å². The lowest BCUT2D eigenvalue weighted by Crippen LogP contribution is -2.15. The number of hydrogen-bond donors (Lipinski definition) is 1. The molecular formula is C21H17Cl2NO3. The Hall–Kier alpha value is -2.69. The molecule has 0 unspecified atom stereocenters. The molecule has 0 saturated carbocycles. The van der Waals surface area contributed by atoms with E-state index in [-0.39, 0.29) is 12.3 Å². The Morgan fingerprint density at radius 1 is 0.889 bits per heavy atom.